The number of allylic oxidation sites excluding steroid dienone is 2. The quantitative estimate of drug-likeness (QED) is 0.558. The van der Waals surface area contributed by atoms with E-state index in [4.69, 9.17) is 0 Å². The summed E-state index contributed by atoms with van der Waals surface area (Å²) in [5, 5.41) is 10.2. The molecule has 3 aliphatic rings. The molecule has 160 valence electrons. The molecule has 1 heteroatoms. The summed E-state index contributed by atoms with van der Waals surface area (Å²) in [5.74, 6) is 3.58. The number of hydrogen-bond acceptors (Lipinski definition) is 1. The average molecular weight is 395 g/mol. The Balaban J connectivity index is 1.62. The Morgan fingerprint density at radius 1 is 1.03 bits per heavy atom. The number of aliphatic hydroxyl groups is 1. The summed E-state index contributed by atoms with van der Waals surface area (Å²) in [5.41, 5.74) is 8.28. The van der Waals surface area contributed by atoms with Crippen molar-refractivity contribution in [1.29, 1.82) is 0 Å². The second-order valence-electron chi connectivity index (χ2n) is 11.2. The Hall–Kier alpha value is -1.08. The van der Waals surface area contributed by atoms with Crippen LogP contribution in [0.25, 0.3) is 0 Å². The second kappa shape index (κ2) is 7.88. The molecular formula is C28H42O. The summed E-state index contributed by atoms with van der Waals surface area (Å²) in [4.78, 5) is 0. The van der Waals surface area contributed by atoms with Crippen LogP contribution in [0.4, 0.5) is 0 Å². The van der Waals surface area contributed by atoms with Gasteiger partial charge in [-0.1, -0.05) is 52.8 Å². The predicted octanol–water partition coefficient (Wildman–Crippen LogP) is 6.78. The third kappa shape index (κ3) is 3.62. The van der Waals surface area contributed by atoms with Gasteiger partial charge in [0.25, 0.3) is 0 Å². The van der Waals surface area contributed by atoms with Crippen molar-refractivity contribution in [1.82, 2.24) is 0 Å². The molecule has 3 aliphatic carbocycles. The fourth-order valence-electron chi connectivity index (χ4n) is 6.91. The Morgan fingerprint density at radius 3 is 2.52 bits per heavy atom. The first-order valence-electron chi connectivity index (χ1n) is 12.2. The number of aryl methyl sites for hydroxylation is 1. The molecule has 1 aromatic carbocycles. The third-order valence-corrected chi connectivity index (χ3v) is 9.26. The zero-order valence-electron chi connectivity index (χ0n) is 19.6. The van der Waals surface area contributed by atoms with Gasteiger partial charge in [0.15, 0.2) is 0 Å². The fourth-order valence-corrected chi connectivity index (χ4v) is 6.91. The van der Waals surface area contributed by atoms with Crippen LogP contribution < -0.4 is 0 Å². The van der Waals surface area contributed by atoms with Crippen molar-refractivity contribution in [2.24, 2.45) is 29.1 Å². The van der Waals surface area contributed by atoms with Gasteiger partial charge in [0.05, 0.1) is 6.10 Å². The molecule has 0 radical (unpaired) electrons. The van der Waals surface area contributed by atoms with E-state index in [0.717, 1.165) is 37.0 Å². The van der Waals surface area contributed by atoms with Gasteiger partial charge in [-0.3, -0.25) is 0 Å². The lowest BCUT2D eigenvalue weighted by Crippen LogP contribution is -2.35. The van der Waals surface area contributed by atoms with Crippen LogP contribution in [-0.4, -0.2) is 11.2 Å². The van der Waals surface area contributed by atoms with E-state index >= 15 is 0 Å². The first kappa shape index (κ1) is 21.2. The zero-order chi connectivity index (χ0) is 20.9. The fraction of sp³-hybridized carbons (Fsp3) is 0.714. The molecule has 0 aliphatic heterocycles. The third-order valence-electron chi connectivity index (χ3n) is 9.26. The molecule has 0 unspecified atom stereocenters. The van der Waals surface area contributed by atoms with Crippen LogP contribution in [0.3, 0.4) is 0 Å². The van der Waals surface area contributed by atoms with Crippen molar-refractivity contribution < 1.29 is 5.11 Å². The number of benzene rings is 1. The molecule has 1 aromatic rings. The summed E-state index contributed by atoms with van der Waals surface area (Å²) < 4.78 is 0. The van der Waals surface area contributed by atoms with E-state index in [-0.39, 0.29) is 6.10 Å². The standard InChI is InChI=1S/C28H42O/c1-17(2)18(3)7-8-19(4)26-11-12-27-25-15-21-9-10-22(29)16-24(21)20(5)23(25)13-14-28(26,27)6/h7-8,15,17-19,22,26-27,29H,9-14,16H2,1-6H3/b8-7+/t18-,19+,22-,26+,27-,28+/m0/s1. The average Bonchev–Trinajstić information content (AvgIpc) is 3.04. The van der Waals surface area contributed by atoms with E-state index in [0.29, 0.717) is 17.3 Å². The van der Waals surface area contributed by atoms with E-state index in [9.17, 15) is 5.11 Å². The molecule has 0 heterocycles. The van der Waals surface area contributed by atoms with Gasteiger partial charge >= 0.3 is 0 Å². The van der Waals surface area contributed by atoms with Crippen LogP contribution in [0.15, 0.2) is 18.2 Å². The van der Waals surface area contributed by atoms with Crippen LogP contribution in [-0.2, 0) is 19.3 Å². The van der Waals surface area contributed by atoms with E-state index in [1.807, 2.05) is 0 Å². The lowest BCUT2D eigenvalue weighted by Gasteiger charge is -2.45. The van der Waals surface area contributed by atoms with Crippen molar-refractivity contribution in [3.8, 4) is 0 Å². The highest BCUT2D eigenvalue weighted by Gasteiger charge is 2.51. The van der Waals surface area contributed by atoms with Gasteiger partial charge in [0.2, 0.25) is 0 Å². The van der Waals surface area contributed by atoms with Crippen molar-refractivity contribution in [2.75, 3.05) is 0 Å². The lowest BCUT2D eigenvalue weighted by atomic mass is 9.60. The van der Waals surface area contributed by atoms with Gasteiger partial charge in [0.1, 0.15) is 0 Å². The number of fused-ring (bicyclic) bond motifs is 4. The minimum Gasteiger partial charge on any atom is -0.393 e. The largest absolute Gasteiger partial charge is 0.393 e. The molecule has 0 saturated heterocycles. The van der Waals surface area contributed by atoms with Crippen LogP contribution in [0.1, 0.15) is 94.0 Å². The lowest BCUT2D eigenvalue weighted by molar-refractivity contribution is 0.141. The molecule has 0 bridgehead atoms. The van der Waals surface area contributed by atoms with Gasteiger partial charge in [-0.25, -0.2) is 0 Å². The molecule has 1 fully saturated rings. The van der Waals surface area contributed by atoms with E-state index in [1.54, 1.807) is 11.1 Å². The van der Waals surface area contributed by atoms with Gasteiger partial charge in [-0.05, 0) is 115 Å². The zero-order valence-corrected chi connectivity index (χ0v) is 19.6. The van der Waals surface area contributed by atoms with Gasteiger partial charge in [-0.15, -0.1) is 0 Å². The Kier molecular flexibility index (Phi) is 5.75. The molecule has 29 heavy (non-hydrogen) atoms. The summed E-state index contributed by atoms with van der Waals surface area (Å²) in [6, 6.07) is 2.58. The van der Waals surface area contributed by atoms with Gasteiger partial charge in [-0.2, -0.15) is 0 Å². The van der Waals surface area contributed by atoms with Crippen molar-refractivity contribution >= 4 is 0 Å². The summed E-state index contributed by atoms with van der Waals surface area (Å²) in [6.45, 7) is 14.4. The summed E-state index contributed by atoms with van der Waals surface area (Å²) in [7, 11) is 0. The Labute approximate surface area is 179 Å². The smallest absolute Gasteiger partial charge is 0.0583 e. The van der Waals surface area contributed by atoms with Crippen LogP contribution >= 0.6 is 0 Å². The number of hydrogen-bond donors (Lipinski definition) is 1. The maximum absolute atomic E-state index is 10.2. The van der Waals surface area contributed by atoms with Gasteiger partial charge in [0, 0.05) is 0 Å². The molecule has 4 rings (SSSR count). The van der Waals surface area contributed by atoms with Crippen molar-refractivity contribution in [3.05, 3.63) is 46.0 Å². The van der Waals surface area contributed by atoms with E-state index in [1.165, 1.54) is 42.4 Å². The molecule has 1 nitrogen and oxygen atoms in total. The first-order valence-corrected chi connectivity index (χ1v) is 12.2. The summed E-state index contributed by atoms with van der Waals surface area (Å²) in [6.07, 6.45) is 13.0. The maximum atomic E-state index is 10.2. The Bertz CT molecular complexity index is 788. The molecule has 0 amide bonds. The van der Waals surface area contributed by atoms with Crippen LogP contribution in [0.2, 0.25) is 0 Å². The Morgan fingerprint density at radius 2 is 1.79 bits per heavy atom. The number of aliphatic hydroxyl groups excluding tert-OH is 1. The topological polar surface area (TPSA) is 20.2 Å². The molecule has 1 saturated carbocycles. The first-order chi connectivity index (χ1) is 13.7. The monoisotopic (exact) mass is 394 g/mol. The molecule has 0 aromatic heterocycles. The van der Waals surface area contributed by atoms with Crippen molar-refractivity contribution in [3.63, 3.8) is 0 Å². The van der Waals surface area contributed by atoms with Crippen molar-refractivity contribution in [2.45, 2.75) is 98.5 Å². The van der Waals surface area contributed by atoms with Crippen LogP contribution in [0, 0.1) is 36.0 Å². The summed E-state index contributed by atoms with van der Waals surface area (Å²) >= 11 is 0. The SMILES string of the molecule is Cc1c2c(cc3c1CC[C@]1(C)[C@@H]([C@H](C)/C=C/[C@H](C)C(C)C)CC[C@@H]31)CC[C@H](O)C2. The maximum Gasteiger partial charge on any atom is 0.0583 e. The predicted molar refractivity (Wildman–Crippen MR) is 123 cm³/mol. The molecule has 0 spiro atoms. The molecule has 6 atom stereocenters. The molecule has 1 N–H and O–H groups in total. The highest BCUT2D eigenvalue weighted by atomic mass is 16.3. The minimum absolute atomic E-state index is 0.134. The van der Waals surface area contributed by atoms with Gasteiger partial charge < -0.3 is 5.11 Å². The molecular weight excluding hydrogens is 352 g/mol. The second-order valence-corrected chi connectivity index (χ2v) is 11.2. The van der Waals surface area contributed by atoms with Crippen LogP contribution in [0.5, 0.6) is 0 Å². The highest BCUT2D eigenvalue weighted by Crippen LogP contribution is 2.61. The van der Waals surface area contributed by atoms with E-state index < -0.39 is 0 Å². The highest BCUT2D eigenvalue weighted by molar-refractivity contribution is 5.50. The number of rotatable bonds is 4. The minimum atomic E-state index is -0.134. The normalized spacial score (nSPS) is 33.4. The van der Waals surface area contributed by atoms with E-state index in [2.05, 4.69) is 59.8 Å².